The first-order valence-electron chi connectivity index (χ1n) is 12.8. The van der Waals surface area contributed by atoms with E-state index in [4.69, 9.17) is 4.74 Å². The smallest absolute Gasteiger partial charge is 0.290 e. The molecule has 5 heteroatoms. The van der Waals surface area contributed by atoms with Crippen LogP contribution in [0.5, 0.6) is 5.75 Å². The van der Waals surface area contributed by atoms with Gasteiger partial charge in [0.1, 0.15) is 5.75 Å². The standard InChI is InChI=1S/C32H35NO4/c1-5-37-26-18-11-23(12-19-26)21-33-29(24-14-16-25(17-15-24)32(2,3)4)28(30(35)31(33)36)27(34)20-13-22-9-7-6-8-10-22/h6-12,14-19,29,35H,5,13,20-21H2,1-4H3. The average molecular weight is 498 g/mol. The fraction of sp³-hybridized carbons (Fsp3) is 0.312. The summed E-state index contributed by atoms with van der Waals surface area (Å²) in [5, 5.41) is 11.0. The maximum Gasteiger partial charge on any atom is 0.290 e. The van der Waals surface area contributed by atoms with Crippen LogP contribution < -0.4 is 4.74 Å². The number of aliphatic hydroxyl groups excluding tert-OH is 1. The molecule has 0 bridgehead atoms. The maximum absolute atomic E-state index is 13.5. The molecule has 0 aromatic heterocycles. The van der Waals surface area contributed by atoms with Crippen LogP contribution in [0, 0.1) is 0 Å². The number of ketones is 1. The SMILES string of the molecule is CCOc1ccc(CN2C(=O)C(O)=C(C(=O)CCc3ccccc3)C2c2ccc(C(C)(C)C)cc2)cc1. The van der Waals surface area contributed by atoms with Crippen LogP contribution >= 0.6 is 0 Å². The number of hydrogen-bond donors (Lipinski definition) is 1. The second-order valence-corrected chi connectivity index (χ2v) is 10.5. The Balaban J connectivity index is 1.66. The van der Waals surface area contributed by atoms with Crippen LogP contribution in [0.15, 0.2) is 90.2 Å². The normalized spacial score (nSPS) is 15.8. The summed E-state index contributed by atoms with van der Waals surface area (Å²) in [6.07, 6.45) is 0.753. The molecule has 1 heterocycles. The summed E-state index contributed by atoms with van der Waals surface area (Å²) in [4.78, 5) is 28.4. The summed E-state index contributed by atoms with van der Waals surface area (Å²) >= 11 is 0. The van der Waals surface area contributed by atoms with E-state index in [1.165, 1.54) is 0 Å². The lowest BCUT2D eigenvalue weighted by molar-refractivity contribution is -0.130. The number of carbonyl (C=O) groups is 2. The van der Waals surface area contributed by atoms with Crippen LogP contribution in [0.3, 0.4) is 0 Å². The third kappa shape index (κ3) is 5.93. The molecular weight excluding hydrogens is 462 g/mol. The van der Waals surface area contributed by atoms with E-state index in [1.54, 1.807) is 4.90 Å². The predicted molar refractivity (Wildman–Crippen MR) is 145 cm³/mol. The topological polar surface area (TPSA) is 66.8 Å². The minimum Gasteiger partial charge on any atom is -0.503 e. The zero-order valence-electron chi connectivity index (χ0n) is 22.0. The van der Waals surface area contributed by atoms with Crippen molar-refractivity contribution in [2.75, 3.05) is 6.61 Å². The quantitative estimate of drug-likeness (QED) is 0.367. The largest absolute Gasteiger partial charge is 0.503 e. The minimum absolute atomic E-state index is 0.0294. The van der Waals surface area contributed by atoms with E-state index in [9.17, 15) is 14.7 Å². The fourth-order valence-corrected chi connectivity index (χ4v) is 4.71. The summed E-state index contributed by atoms with van der Waals surface area (Å²) in [5.74, 6) is -0.435. The lowest BCUT2D eigenvalue weighted by atomic mass is 9.85. The molecule has 3 aromatic carbocycles. The number of benzene rings is 3. The summed E-state index contributed by atoms with van der Waals surface area (Å²) in [7, 11) is 0. The number of rotatable bonds is 9. The first-order chi connectivity index (χ1) is 17.7. The third-order valence-electron chi connectivity index (χ3n) is 6.77. The Bertz CT molecular complexity index is 1270. The van der Waals surface area contributed by atoms with Crippen LogP contribution in [-0.2, 0) is 28.0 Å². The van der Waals surface area contributed by atoms with Gasteiger partial charge in [0.15, 0.2) is 11.5 Å². The molecule has 0 saturated heterocycles. The van der Waals surface area contributed by atoms with Crippen molar-refractivity contribution in [3.63, 3.8) is 0 Å². The minimum atomic E-state index is -0.656. The monoisotopic (exact) mass is 497 g/mol. The van der Waals surface area contributed by atoms with E-state index in [0.29, 0.717) is 13.0 Å². The molecule has 0 saturated carbocycles. The number of aliphatic hydroxyl groups is 1. The van der Waals surface area contributed by atoms with Gasteiger partial charge in [-0.15, -0.1) is 0 Å². The molecule has 1 unspecified atom stereocenters. The fourth-order valence-electron chi connectivity index (χ4n) is 4.71. The van der Waals surface area contributed by atoms with E-state index in [0.717, 1.165) is 28.0 Å². The molecule has 0 radical (unpaired) electrons. The lowest BCUT2D eigenvalue weighted by Gasteiger charge is -2.28. The zero-order chi connectivity index (χ0) is 26.6. The lowest BCUT2D eigenvalue weighted by Crippen LogP contribution is -2.30. The average Bonchev–Trinajstić information content (AvgIpc) is 3.14. The highest BCUT2D eigenvalue weighted by atomic mass is 16.5. The molecule has 1 aliphatic rings. The molecule has 0 spiro atoms. The van der Waals surface area contributed by atoms with Crippen molar-refractivity contribution in [1.82, 2.24) is 4.90 Å². The van der Waals surface area contributed by atoms with E-state index in [2.05, 4.69) is 20.8 Å². The van der Waals surface area contributed by atoms with Crippen LogP contribution in [-0.4, -0.2) is 28.3 Å². The molecule has 0 fully saturated rings. The van der Waals surface area contributed by atoms with Crippen molar-refractivity contribution in [3.8, 4) is 5.75 Å². The van der Waals surface area contributed by atoms with Crippen molar-refractivity contribution in [2.45, 2.75) is 58.5 Å². The molecule has 0 aliphatic carbocycles. The van der Waals surface area contributed by atoms with Crippen molar-refractivity contribution in [3.05, 3.63) is 112 Å². The Morgan fingerprint density at radius 2 is 1.57 bits per heavy atom. The Morgan fingerprint density at radius 3 is 2.16 bits per heavy atom. The van der Waals surface area contributed by atoms with Gasteiger partial charge in [-0.2, -0.15) is 0 Å². The van der Waals surface area contributed by atoms with Crippen LogP contribution in [0.1, 0.15) is 62.4 Å². The van der Waals surface area contributed by atoms with Gasteiger partial charge in [0.2, 0.25) is 0 Å². The molecule has 37 heavy (non-hydrogen) atoms. The molecule has 1 atom stereocenters. The van der Waals surface area contributed by atoms with Crippen LogP contribution in [0.2, 0.25) is 0 Å². The number of Topliss-reactive ketones (excluding diaryl/α,β-unsaturated/α-hetero) is 1. The summed E-state index contributed by atoms with van der Waals surface area (Å²) < 4.78 is 5.54. The second kappa shape index (κ2) is 11.0. The van der Waals surface area contributed by atoms with Gasteiger partial charge in [-0.05, 0) is 53.1 Å². The van der Waals surface area contributed by atoms with Crippen molar-refractivity contribution in [1.29, 1.82) is 0 Å². The number of nitrogens with zero attached hydrogens (tertiary/aromatic N) is 1. The third-order valence-corrected chi connectivity index (χ3v) is 6.77. The highest BCUT2D eigenvalue weighted by Gasteiger charge is 2.43. The van der Waals surface area contributed by atoms with Crippen molar-refractivity contribution in [2.24, 2.45) is 0 Å². The predicted octanol–water partition coefficient (Wildman–Crippen LogP) is 6.48. The van der Waals surface area contributed by atoms with E-state index >= 15 is 0 Å². The molecule has 1 amide bonds. The first kappa shape index (κ1) is 26.2. The van der Waals surface area contributed by atoms with Crippen LogP contribution in [0.4, 0.5) is 0 Å². The molecule has 1 aliphatic heterocycles. The Labute approximate surface area is 219 Å². The van der Waals surface area contributed by atoms with Crippen molar-refractivity contribution >= 4 is 11.7 Å². The van der Waals surface area contributed by atoms with E-state index in [-0.39, 0.29) is 29.7 Å². The Morgan fingerprint density at radius 1 is 0.919 bits per heavy atom. The molecule has 1 N–H and O–H groups in total. The van der Waals surface area contributed by atoms with Gasteiger partial charge in [-0.3, -0.25) is 9.59 Å². The van der Waals surface area contributed by atoms with Gasteiger partial charge >= 0.3 is 0 Å². The van der Waals surface area contributed by atoms with Gasteiger partial charge in [0.25, 0.3) is 5.91 Å². The maximum atomic E-state index is 13.5. The molecular formula is C32H35NO4. The number of aryl methyl sites for hydroxylation is 1. The number of hydrogen-bond acceptors (Lipinski definition) is 4. The summed E-state index contributed by atoms with van der Waals surface area (Å²) in [6, 6.07) is 24.7. The van der Waals surface area contributed by atoms with Crippen molar-refractivity contribution < 1.29 is 19.4 Å². The second-order valence-electron chi connectivity index (χ2n) is 10.5. The van der Waals surface area contributed by atoms with Crippen LogP contribution in [0.25, 0.3) is 0 Å². The summed E-state index contributed by atoms with van der Waals surface area (Å²) in [5.41, 5.74) is 4.04. The number of amides is 1. The molecule has 3 aromatic rings. The Hall–Kier alpha value is -3.86. The van der Waals surface area contributed by atoms with Gasteiger partial charge < -0.3 is 14.7 Å². The van der Waals surface area contributed by atoms with Gasteiger partial charge in [-0.1, -0.05) is 87.5 Å². The van der Waals surface area contributed by atoms with Gasteiger partial charge in [0.05, 0.1) is 18.2 Å². The molecule has 192 valence electrons. The Kier molecular flexibility index (Phi) is 7.82. The highest BCUT2D eigenvalue weighted by Crippen LogP contribution is 2.40. The number of carbonyl (C=O) groups excluding carboxylic acids is 2. The highest BCUT2D eigenvalue weighted by molar-refractivity contribution is 6.09. The number of ether oxygens (including phenoxy) is 1. The van der Waals surface area contributed by atoms with E-state index < -0.39 is 17.7 Å². The van der Waals surface area contributed by atoms with E-state index in [1.807, 2.05) is 85.8 Å². The molecule has 4 rings (SSSR count). The molecule has 5 nitrogen and oxygen atoms in total. The van der Waals surface area contributed by atoms with Gasteiger partial charge in [0, 0.05) is 13.0 Å². The zero-order valence-corrected chi connectivity index (χ0v) is 22.0. The first-order valence-corrected chi connectivity index (χ1v) is 12.8. The van der Waals surface area contributed by atoms with Gasteiger partial charge in [-0.25, -0.2) is 0 Å². The summed E-state index contributed by atoms with van der Waals surface area (Å²) in [6.45, 7) is 9.19.